The fourth-order valence-electron chi connectivity index (χ4n) is 1.06. The van der Waals surface area contributed by atoms with E-state index in [1.54, 1.807) is 0 Å². The summed E-state index contributed by atoms with van der Waals surface area (Å²) in [5.41, 5.74) is 0. The molecule has 2 atom stereocenters. The van der Waals surface area contributed by atoms with Crippen LogP contribution in [0.3, 0.4) is 0 Å². The van der Waals surface area contributed by atoms with Crippen molar-refractivity contribution in [2.75, 3.05) is 2.43 Å². The van der Waals surface area contributed by atoms with Gasteiger partial charge in [-0.3, -0.25) is 0 Å². The first kappa shape index (κ1) is 5.96. The number of hydrogen-bond donors (Lipinski definition) is 0. The van der Waals surface area contributed by atoms with Crippen LogP contribution in [-0.4, -0.2) is 14.6 Å². The zero-order valence-corrected chi connectivity index (χ0v) is 9.16. The molecule has 0 aromatic rings. The van der Waals surface area contributed by atoms with Gasteiger partial charge in [0.15, 0.2) is 0 Å². The van der Waals surface area contributed by atoms with Crippen LogP contribution in [0.5, 0.6) is 0 Å². The molecule has 1 aliphatic carbocycles. The Morgan fingerprint density at radius 1 is 1.00 bits per heavy atom. The summed E-state index contributed by atoms with van der Waals surface area (Å²) in [7, 11) is 0. The van der Waals surface area contributed by atoms with Crippen LogP contribution >= 0.6 is 32.5 Å². The fourth-order valence-corrected chi connectivity index (χ4v) is 22.5. The standard InChI is InChI=1S/C5H8I2O2/c1-2-5-4(1)8-6-3-7(6)9-5/h4-5H,1-3H2. The van der Waals surface area contributed by atoms with Gasteiger partial charge in [0.25, 0.3) is 0 Å². The van der Waals surface area contributed by atoms with Gasteiger partial charge in [-0.2, -0.15) is 0 Å². The van der Waals surface area contributed by atoms with Crippen molar-refractivity contribution in [1.82, 2.24) is 0 Å². The van der Waals surface area contributed by atoms with E-state index in [0.717, 1.165) is 0 Å². The molecule has 3 fully saturated rings. The van der Waals surface area contributed by atoms with Gasteiger partial charge in [0, 0.05) is 0 Å². The van der Waals surface area contributed by atoms with E-state index in [0.29, 0.717) is 12.2 Å². The molecule has 4 heteroatoms. The molecule has 54 valence electrons. The van der Waals surface area contributed by atoms with Crippen LogP contribution in [-0.2, 0) is 6.13 Å². The van der Waals surface area contributed by atoms with E-state index in [9.17, 15) is 0 Å². The molecule has 1 saturated carbocycles. The Kier molecular flexibility index (Phi) is 1.29. The number of rotatable bonds is 0. The van der Waals surface area contributed by atoms with E-state index in [4.69, 9.17) is 6.13 Å². The summed E-state index contributed by atoms with van der Waals surface area (Å²) < 4.78 is 13.2. The molecule has 0 bridgehead atoms. The van der Waals surface area contributed by atoms with Crippen molar-refractivity contribution in [3.05, 3.63) is 0 Å². The Morgan fingerprint density at radius 2 is 1.56 bits per heavy atom. The first-order valence-corrected chi connectivity index (χ1v) is 14.2. The van der Waals surface area contributed by atoms with E-state index < -0.39 is 32.5 Å². The molecular formula is C5H8I2O2. The molecule has 0 spiro atoms. The summed E-state index contributed by atoms with van der Waals surface area (Å²) in [4.78, 5) is 0. The molecule has 3 rings (SSSR count). The van der Waals surface area contributed by atoms with Gasteiger partial charge in [-0.15, -0.1) is 0 Å². The van der Waals surface area contributed by atoms with Crippen molar-refractivity contribution in [3.63, 3.8) is 0 Å². The molecule has 0 N–H and O–H groups in total. The minimum absolute atomic E-state index is 0.589. The van der Waals surface area contributed by atoms with Crippen LogP contribution in [0, 0.1) is 0 Å². The van der Waals surface area contributed by atoms with Crippen molar-refractivity contribution in [2.45, 2.75) is 25.0 Å². The quantitative estimate of drug-likeness (QED) is 0.491. The number of fused-ring (bicyclic) bond motifs is 2. The predicted molar refractivity (Wildman–Crippen MR) is 51.9 cm³/mol. The molecular weight excluding hydrogens is 346 g/mol. The second-order valence-electron chi connectivity index (χ2n) is 2.47. The summed E-state index contributed by atoms with van der Waals surface area (Å²) >= 11 is -1.38. The second kappa shape index (κ2) is 1.95. The third-order valence-electron chi connectivity index (χ3n) is 1.86. The van der Waals surface area contributed by atoms with Crippen LogP contribution in [0.1, 0.15) is 12.8 Å². The normalized spacial score (nSPS) is 53.3. The SMILES string of the molecule is C1CC2OI3CI3OC12. The van der Waals surface area contributed by atoms with E-state index in [1.165, 1.54) is 15.3 Å². The second-order valence-corrected chi connectivity index (χ2v) is 23.2. The first-order valence-electron chi connectivity index (χ1n) is 3.11. The van der Waals surface area contributed by atoms with Crippen molar-refractivity contribution >= 4 is 32.5 Å². The average Bonchev–Trinajstić information content (AvgIpc) is 2.53. The van der Waals surface area contributed by atoms with E-state index >= 15 is 0 Å². The molecule has 0 aromatic heterocycles. The summed E-state index contributed by atoms with van der Waals surface area (Å²) in [5, 5.41) is 0. The molecule has 2 aliphatic heterocycles. The summed E-state index contributed by atoms with van der Waals surface area (Å²) in [6.45, 7) is 0. The van der Waals surface area contributed by atoms with Crippen molar-refractivity contribution in [2.24, 2.45) is 0 Å². The number of hydrogen-bond acceptors (Lipinski definition) is 2. The minimum atomic E-state index is -0.690. The van der Waals surface area contributed by atoms with E-state index in [2.05, 4.69) is 0 Å². The Bertz CT molecular complexity index is 136. The monoisotopic (exact) mass is 354 g/mol. The van der Waals surface area contributed by atoms with Crippen LogP contribution in [0.25, 0.3) is 0 Å². The van der Waals surface area contributed by atoms with E-state index in [-0.39, 0.29) is 0 Å². The van der Waals surface area contributed by atoms with Crippen LogP contribution < -0.4 is 0 Å². The maximum atomic E-state index is 5.86. The zero-order valence-electron chi connectivity index (χ0n) is 4.85. The van der Waals surface area contributed by atoms with Gasteiger partial charge in [-0.25, -0.2) is 0 Å². The van der Waals surface area contributed by atoms with Gasteiger partial charge in [-0.05, 0) is 0 Å². The summed E-state index contributed by atoms with van der Waals surface area (Å²) in [5.74, 6) is 0. The maximum absolute atomic E-state index is 5.86. The Labute approximate surface area is 65.6 Å². The van der Waals surface area contributed by atoms with Gasteiger partial charge >= 0.3 is 66.1 Å². The summed E-state index contributed by atoms with van der Waals surface area (Å²) in [6, 6.07) is 0. The molecule has 2 nitrogen and oxygen atoms in total. The third kappa shape index (κ3) is 0.860. The van der Waals surface area contributed by atoms with Crippen molar-refractivity contribution < 1.29 is 6.13 Å². The van der Waals surface area contributed by atoms with Crippen molar-refractivity contribution in [3.8, 4) is 0 Å². The van der Waals surface area contributed by atoms with Crippen molar-refractivity contribution in [1.29, 1.82) is 0 Å². The van der Waals surface area contributed by atoms with Crippen LogP contribution in [0.15, 0.2) is 0 Å². The molecule has 0 radical (unpaired) electrons. The molecule has 2 unspecified atom stereocenters. The molecule has 3 aliphatic rings. The first-order chi connectivity index (χ1) is 4.43. The molecule has 9 heavy (non-hydrogen) atoms. The third-order valence-corrected chi connectivity index (χ3v) is 19.6. The molecule has 2 saturated heterocycles. The Hall–Kier alpha value is 1.38. The fraction of sp³-hybridized carbons (Fsp3) is 1.00. The van der Waals surface area contributed by atoms with Crippen LogP contribution in [0.4, 0.5) is 0 Å². The molecule has 0 amide bonds. The predicted octanol–water partition coefficient (Wildman–Crippen LogP) is 2.29. The van der Waals surface area contributed by atoms with Crippen LogP contribution in [0.2, 0.25) is 0 Å². The van der Waals surface area contributed by atoms with Gasteiger partial charge in [0.2, 0.25) is 0 Å². The topological polar surface area (TPSA) is 18.5 Å². The van der Waals surface area contributed by atoms with Gasteiger partial charge in [-0.1, -0.05) is 0 Å². The Morgan fingerprint density at radius 3 is 2.00 bits per heavy atom. The van der Waals surface area contributed by atoms with Gasteiger partial charge in [0.1, 0.15) is 0 Å². The van der Waals surface area contributed by atoms with E-state index in [1.807, 2.05) is 0 Å². The molecule has 2 heterocycles. The summed E-state index contributed by atoms with van der Waals surface area (Å²) in [6.07, 6.45) is 3.77. The zero-order chi connectivity index (χ0) is 5.84. The average molecular weight is 354 g/mol. The van der Waals surface area contributed by atoms with Gasteiger partial charge in [0.05, 0.1) is 0 Å². The Balaban J connectivity index is 1.79. The molecule has 0 aromatic carbocycles. The number of alkyl halides is 2. The number of halogens is 2. The van der Waals surface area contributed by atoms with Gasteiger partial charge < -0.3 is 0 Å².